The number of halogens is 1. The molecule has 2 N–H and O–H groups in total. The molecule has 0 aliphatic heterocycles. The number of benzene rings is 3. The third-order valence-corrected chi connectivity index (χ3v) is 4.42. The Bertz CT molecular complexity index is 1200. The van der Waals surface area contributed by atoms with Gasteiger partial charge < -0.3 is 15.4 Å². The van der Waals surface area contributed by atoms with Gasteiger partial charge >= 0.3 is 5.69 Å². The van der Waals surface area contributed by atoms with Gasteiger partial charge in [-0.25, -0.2) is 0 Å². The molecule has 0 aliphatic carbocycles. The van der Waals surface area contributed by atoms with Crippen molar-refractivity contribution in [2.75, 3.05) is 18.5 Å². The fourth-order valence-electron chi connectivity index (χ4n) is 2.83. The number of para-hydroxylation sites is 1. The van der Waals surface area contributed by atoms with E-state index in [0.29, 0.717) is 5.56 Å². The lowest BCUT2D eigenvalue weighted by Crippen LogP contribution is -2.30. The molecule has 2 amide bonds. The lowest BCUT2D eigenvalue weighted by molar-refractivity contribution is -0.387. The molecule has 10 heteroatoms. The second kappa shape index (κ2) is 10.6. The van der Waals surface area contributed by atoms with Crippen LogP contribution in [0, 0.1) is 15.9 Å². The molecule has 0 saturated carbocycles. The number of carbonyl (C=O) groups excluding carboxylic acids is 3. The zero-order valence-electron chi connectivity index (χ0n) is 17.1. The van der Waals surface area contributed by atoms with Crippen molar-refractivity contribution >= 4 is 29.0 Å². The standard InChI is InChI=1S/C23H18FN3O6/c24-18-11-10-16(12-19(18)27(31)32)26-22(29)14-33-21-9-5-4-8-17(21)23(30)25-13-20(28)15-6-2-1-3-7-15/h1-12H,13-14H2,(H,25,30)(H,26,29). The number of ketones is 1. The van der Waals surface area contributed by atoms with Crippen molar-refractivity contribution < 1.29 is 28.4 Å². The Morgan fingerprint density at radius 2 is 1.67 bits per heavy atom. The number of amides is 2. The number of nitro groups is 1. The van der Waals surface area contributed by atoms with Gasteiger partial charge in [-0.05, 0) is 24.3 Å². The number of Topliss-reactive ketones (excluding diaryl/α,β-unsaturated/α-hetero) is 1. The van der Waals surface area contributed by atoms with Gasteiger partial charge in [0.05, 0.1) is 17.0 Å². The van der Waals surface area contributed by atoms with Crippen LogP contribution in [0.3, 0.4) is 0 Å². The smallest absolute Gasteiger partial charge is 0.306 e. The first-order chi connectivity index (χ1) is 15.8. The van der Waals surface area contributed by atoms with Crippen molar-refractivity contribution in [3.63, 3.8) is 0 Å². The highest BCUT2D eigenvalue weighted by Crippen LogP contribution is 2.22. The normalized spacial score (nSPS) is 10.2. The molecule has 33 heavy (non-hydrogen) atoms. The van der Waals surface area contributed by atoms with Gasteiger partial charge in [0, 0.05) is 17.3 Å². The monoisotopic (exact) mass is 451 g/mol. The molecule has 0 radical (unpaired) electrons. The molecule has 0 spiro atoms. The summed E-state index contributed by atoms with van der Waals surface area (Å²) in [6.45, 7) is -0.737. The van der Waals surface area contributed by atoms with Gasteiger partial charge in [-0.2, -0.15) is 4.39 Å². The Hall–Kier alpha value is -4.60. The van der Waals surface area contributed by atoms with Crippen molar-refractivity contribution in [1.82, 2.24) is 5.32 Å². The average molecular weight is 451 g/mol. The minimum absolute atomic E-state index is 0.0159. The van der Waals surface area contributed by atoms with E-state index in [1.165, 1.54) is 18.2 Å². The maximum Gasteiger partial charge on any atom is 0.306 e. The molecule has 3 rings (SSSR count). The van der Waals surface area contributed by atoms with Crippen LogP contribution in [0.1, 0.15) is 20.7 Å². The summed E-state index contributed by atoms with van der Waals surface area (Å²) in [7, 11) is 0. The summed E-state index contributed by atoms with van der Waals surface area (Å²) < 4.78 is 18.8. The van der Waals surface area contributed by atoms with E-state index in [2.05, 4.69) is 10.6 Å². The van der Waals surface area contributed by atoms with E-state index in [0.717, 1.165) is 12.1 Å². The minimum Gasteiger partial charge on any atom is -0.483 e. The number of nitro benzene ring substituents is 1. The van der Waals surface area contributed by atoms with Crippen molar-refractivity contribution in [1.29, 1.82) is 0 Å². The van der Waals surface area contributed by atoms with E-state index in [-0.39, 0.29) is 29.3 Å². The summed E-state index contributed by atoms with van der Waals surface area (Å²) in [4.78, 5) is 46.8. The SMILES string of the molecule is O=C(COc1ccccc1C(=O)NCC(=O)c1ccccc1)Nc1ccc(F)c([N+](=O)[O-])c1. The Kier molecular flexibility index (Phi) is 7.43. The molecule has 0 unspecified atom stereocenters. The maximum atomic E-state index is 13.4. The largest absolute Gasteiger partial charge is 0.483 e. The summed E-state index contributed by atoms with van der Waals surface area (Å²) in [5, 5.41) is 15.7. The number of nitrogens with one attached hydrogen (secondary N) is 2. The van der Waals surface area contributed by atoms with E-state index in [4.69, 9.17) is 4.74 Å². The first kappa shape index (κ1) is 23.1. The Labute approximate surface area is 187 Å². The van der Waals surface area contributed by atoms with Crippen molar-refractivity contribution in [3.8, 4) is 5.75 Å². The molecule has 0 aliphatic rings. The van der Waals surface area contributed by atoms with Gasteiger partial charge in [0.2, 0.25) is 5.82 Å². The number of carbonyl (C=O) groups is 3. The van der Waals surface area contributed by atoms with Crippen LogP contribution in [0.2, 0.25) is 0 Å². The molecule has 0 saturated heterocycles. The van der Waals surface area contributed by atoms with E-state index in [1.54, 1.807) is 42.5 Å². The van der Waals surface area contributed by atoms with Crippen LogP contribution in [0.25, 0.3) is 0 Å². The Balaban J connectivity index is 1.59. The first-order valence-corrected chi connectivity index (χ1v) is 9.67. The third-order valence-electron chi connectivity index (χ3n) is 4.42. The lowest BCUT2D eigenvalue weighted by atomic mass is 10.1. The number of ether oxygens (including phenoxy) is 1. The van der Waals surface area contributed by atoms with Crippen LogP contribution in [0.4, 0.5) is 15.8 Å². The highest BCUT2D eigenvalue weighted by atomic mass is 19.1. The lowest BCUT2D eigenvalue weighted by Gasteiger charge is -2.12. The molecule has 3 aromatic carbocycles. The fraction of sp³-hybridized carbons (Fsp3) is 0.0870. The quantitative estimate of drug-likeness (QED) is 0.292. The number of anilines is 1. The molecule has 0 heterocycles. The predicted molar refractivity (Wildman–Crippen MR) is 117 cm³/mol. The van der Waals surface area contributed by atoms with Crippen LogP contribution >= 0.6 is 0 Å². The zero-order valence-corrected chi connectivity index (χ0v) is 17.1. The summed E-state index contributed by atoms with van der Waals surface area (Å²) in [6, 6.07) is 17.6. The van der Waals surface area contributed by atoms with Crippen LogP contribution in [0.5, 0.6) is 5.75 Å². The maximum absolute atomic E-state index is 13.4. The molecule has 9 nitrogen and oxygen atoms in total. The molecule has 0 bridgehead atoms. The van der Waals surface area contributed by atoms with Crippen LogP contribution < -0.4 is 15.4 Å². The molecular formula is C23H18FN3O6. The van der Waals surface area contributed by atoms with Crippen LogP contribution in [-0.4, -0.2) is 35.7 Å². The fourth-order valence-corrected chi connectivity index (χ4v) is 2.83. The highest BCUT2D eigenvalue weighted by Gasteiger charge is 2.17. The van der Waals surface area contributed by atoms with E-state index in [1.807, 2.05) is 0 Å². The summed E-state index contributed by atoms with van der Waals surface area (Å²) in [5.74, 6) is -2.44. The summed E-state index contributed by atoms with van der Waals surface area (Å²) >= 11 is 0. The molecule has 0 aromatic heterocycles. The number of rotatable bonds is 9. The minimum atomic E-state index is -1.03. The summed E-state index contributed by atoms with van der Waals surface area (Å²) in [6.07, 6.45) is 0. The molecule has 3 aromatic rings. The van der Waals surface area contributed by atoms with Gasteiger partial charge in [-0.3, -0.25) is 24.5 Å². The molecular weight excluding hydrogens is 433 g/mol. The topological polar surface area (TPSA) is 128 Å². The van der Waals surface area contributed by atoms with E-state index < -0.39 is 34.8 Å². The van der Waals surface area contributed by atoms with Gasteiger partial charge in [0.15, 0.2) is 12.4 Å². The van der Waals surface area contributed by atoms with Crippen LogP contribution in [0.15, 0.2) is 72.8 Å². The van der Waals surface area contributed by atoms with Crippen molar-refractivity contribution in [2.45, 2.75) is 0 Å². The number of nitrogens with zero attached hydrogens (tertiary/aromatic N) is 1. The van der Waals surface area contributed by atoms with Crippen molar-refractivity contribution in [3.05, 3.63) is 99.9 Å². The van der Waals surface area contributed by atoms with Crippen molar-refractivity contribution in [2.24, 2.45) is 0 Å². The zero-order chi connectivity index (χ0) is 23.8. The van der Waals surface area contributed by atoms with E-state index >= 15 is 0 Å². The predicted octanol–water partition coefficient (Wildman–Crippen LogP) is 3.36. The highest BCUT2D eigenvalue weighted by molar-refractivity contribution is 6.03. The first-order valence-electron chi connectivity index (χ1n) is 9.67. The van der Waals surface area contributed by atoms with E-state index in [9.17, 15) is 28.9 Å². The van der Waals surface area contributed by atoms with Gasteiger partial charge in [-0.1, -0.05) is 42.5 Å². The number of hydrogen-bond acceptors (Lipinski definition) is 6. The van der Waals surface area contributed by atoms with Gasteiger partial charge in [0.1, 0.15) is 5.75 Å². The average Bonchev–Trinajstić information content (AvgIpc) is 2.82. The molecule has 0 atom stereocenters. The summed E-state index contributed by atoms with van der Waals surface area (Å²) in [5.41, 5.74) is -0.188. The Morgan fingerprint density at radius 1 is 0.970 bits per heavy atom. The second-order valence-electron chi connectivity index (χ2n) is 6.73. The molecule has 168 valence electrons. The number of hydrogen-bond donors (Lipinski definition) is 2. The van der Waals surface area contributed by atoms with Crippen LogP contribution in [-0.2, 0) is 4.79 Å². The third kappa shape index (κ3) is 6.20. The van der Waals surface area contributed by atoms with Gasteiger partial charge in [-0.15, -0.1) is 0 Å². The molecule has 0 fully saturated rings. The van der Waals surface area contributed by atoms with Gasteiger partial charge in [0.25, 0.3) is 11.8 Å². The Morgan fingerprint density at radius 3 is 2.39 bits per heavy atom. The second-order valence-corrected chi connectivity index (χ2v) is 6.73.